The molecule has 27 heterocycles. The van der Waals surface area contributed by atoms with E-state index in [1.54, 1.807) is 45.3 Å². The maximum absolute atomic E-state index is 6.93. The van der Waals surface area contributed by atoms with Gasteiger partial charge in [0.05, 0.1) is 48.8 Å². The summed E-state index contributed by atoms with van der Waals surface area (Å²) >= 11 is 7.01. The van der Waals surface area contributed by atoms with Gasteiger partial charge in [-0.3, -0.25) is 0 Å². The summed E-state index contributed by atoms with van der Waals surface area (Å²) in [6.45, 7) is 18.4. The summed E-state index contributed by atoms with van der Waals surface area (Å²) < 4.78 is 64.6. The first-order valence-corrected chi connectivity index (χ1v) is 24.6. The molecule has 0 N–H and O–H groups in total. The largest absolute Gasteiger partial charge is 0.505 e. The van der Waals surface area contributed by atoms with Crippen LogP contribution in [0.2, 0.25) is 0 Å². The Bertz CT molecular complexity index is 2500. The fourth-order valence-electron chi connectivity index (χ4n) is 12.7. The number of thiophene rings is 4. The molecule has 8 nitrogen and oxygen atoms in total. The molecule has 33 rings (SSSR count). The number of hydrogen-bond acceptors (Lipinski definition) is 12. The van der Waals surface area contributed by atoms with Crippen molar-refractivity contribution in [3.8, 4) is 0 Å². The van der Waals surface area contributed by atoms with Crippen molar-refractivity contribution in [1.29, 1.82) is 0 Å². The summed E-state index contributed by atoms with van der Waals surface area (Å²) in [5, 5.41) is 0. The molecule has 0 spiro atoms. The highest BCUT2D eigenvalue weighted by molar-refractivity contribution is 7.37. The Kier molecular flexibility index (Phi) is 6.70. The molecule has 4 fully saturated rings. The molecule has 23 aliphatic heterocycles. The minimum Gasteiger partial charge on any atom is -0.400 e. The van der Waals surface area contributed by atoms with Crippen LogP contribution >= 0.6 is 45.3 Å². The molecule has 28 bridgehead atoms. The number of benzene rings is 2. The van der Waals surface area contributed by atoms with Crippen LogP contribution in [0.15, 0.2) is 48.5 Å². The summed E-state index contributed by atoms with van der Waals surface area (Å²) in [7, 11) is -1.69. The quantitative estimate of drug-likeness (QED) is 0.150. The Balaban J connectivity index is 0.852. The minimum atomic E-state index is -0.423. The SMILES string of the molecule is CC1(C)c2cc3c4cc2C2OB(OC21)c1cc2sc(cc2s1)B1OC2c5cc6c(cc5C(C)(C)C2O1)C1OB(OC1C6(C)C)c1cc2sc(cc2s1)B1OC3C(O1)C4(C)C. The highest BCUT2D eigenvalue weighted by Crippen LogP contribution is 2.60. The average molecular weight is 868 g/mol. The zero-order valence-electron chi connectivity index (χ0n) is 34.4. The van der Waals surface area contributed by atoms with Gasteiger partial charge in [0.25, 0.3) is 0 Å². The van der Waals surface area contributed by atoms with E-state index in [1.807, 2.05) is 0 Å². The van der Waals surface area contributed by atoms with Gasteiger partial charge in [0, 0.05) is 59.6 Å². The predicted octanol–water partition coefficient (Wildman–Crippen LogP) is 7.12. The molecule has 8 unspecified atom stereocenters. The van der Waals surface area contributed by atoms with Gasteiger partial charge in [-0.05, 0) is 68.8 Å². The Morgan fingerprint density at radius 3 is 0.767 bits per heavy atom. The molecule has 6 aromatic rings. The molecule has 16 heteroatoms. The van der Waals surface area contributed by atoms with Gasteiger partial charge in [0.1, 0.15) is 0 Å². The van der Waals surface area contributed by atoms with Gasteiger partial charge in [-0.1, -0.05) is 79.7 Å². The Morgan fingerprint density at radius 1 is 0.333 bits per heavy atom. The van der Waals surface area contributed by atoms with Crippen molar-refractivity contribution >= 4 is 112 Å². The van der Waals surface area contributed by atoms with Crippen molar-refractivity contribution in [3.63, 3.8) is 0 Å². The van der Waals surface area contributed by atoms with E-state index in [9.17, 15) is 0 Å². The van der Waals surface area contributed by atoms with Gasteiger partial charge in [0.2, 0.25) is 0 Å². The standard InChI is InChI=1S/C44H40B4O8S4/c1-41(2)21-9-18-22-10-17(21)33-37(41)53-45(49-33)29-13-25-26(57-29)14-31(58-25)47-51-35-19-11-24-20(12-23(19)43(5,6)39(35)55-47)36-40(44(24,7)8)56-48(52-36)32-16-28-27(60-32)15-30(59-28)46-50-34(18)38(54-46)42(22,3)4/h9-16,33-40H,1-8H3. The van der Waals surface area contributed by atoms with Crippen LogP contribution in [0, 0.1) is 0 Å². The Morgan fingerprint density at radius 2 is 0.550 bits per heavy atom. The predicted molar refractivity (Wildman–Crippen MR) is 241 cm³/mol. The molecule has 2 aromatic carbocycles. The van der Waals surface area contributed by atoms with Gasteiger partial charge in [-0.25, -0.2) is 0 Å². The zero-order valence-corrected chi connectivity index (χ0v) is 37.7. The number of rotatable bonds is 0. The summed E-state index contributed by atoms with van der Waals surface area (Å²) in [5.41, 5.74) is 9.05. The van der Waals surface area contributed by atoms with E-state index in [4.69, 9.17) is 37.2 Å². The monoisotopic (exact) mass is 868 g/mol. The second-order valence-electron chi connectivity index (χ2n) is 20.8. The highest BCUT2D eigenvalue weighted by atomic mass is 32.1. The Hall–Kier alpha value is -2.30. The lowest BCUT2D eigenvalue weighted by Crippen LogP contribution is -2.37. The van der Waals surface area contributed by atoms with Crippen molar-refractivity contribution in [2.75, 3.05) is 0 Å². The second kappa shape index (κ2) is 11.1. The first-order chi connectivity index (χ1) is 28.6. The fraction of sp³-hybridized carbons (Fsp3) is 0.455. The van der Waals surface area contributed by atoms with Gasteiger partial charge >= 0.3 is 28.5 Å². The van der Waals surface area contributed by atoms with Crippen molar-refractivity contribution in [3.05, 3.63) is 93.0 Å². The smallest absolute Gasteiger partial charge is 0.400 e. The molecular formula is C44H40B4O8S4. The van der Waals surface area contributed by atoms with Crippen LogP contribution in [-0.2, 0) is 58.9 Å². The molecule has 60 heavy (non-hydrogen) atoms. The van der Waals surface area contributed by atoms with Crippen LogP contribution in [0.1, 0.15) is 124 Å². The van der Waals surface area contributed by atoms with E-state index in [1.165, 1.54) is 63.3 Å². The van der Waals surface area contributed by atoms with Crippen LogP contribution in [0.5, 0.6) is 0 Å². The maximum Gasteiger partial charge on any atom is 0.505 e. The second-order valence-corrected chi connectivity index (χ2v) is 25.2. The molecule has 300 valence electrons. The third-order valence-corrected chi connectivity index (χ3v) is 20.6. The van der Waals surface area contributed by atoms with Gasteiger partial charge in [-0.2, -0.15) is 0 Å². The molecule has 4 aliphatic carbocycles. The summed E-state index contributed by atoms with van der Waals surface area (Å²) in [6.07, 6.45) is -1.00. The maximum atomic E-state index is 6.93. The van der Waals surface area contributed by atoms with Crippen molar-refractivity contribution in [1.82, 2.24) is 0 Å². The third-order valence-electron chi connectivity index (χ3n) is 16.0. The topological polar surface area (TPSA) is 73.8 Å². The molecule has 0 amide bonds. The normalized spacial score (nSPS) is 33.2. The molecule has 8 atom stereocenters. The highest BCUT2D eigenvalue weighted by Gasteiger charge is 2.62. The molecule has 4 saturated heterocycles. The van der Waals surface area contributed by atoms with Crippen LogP contribution < -0.4 is 19.1 Å². The summed E-state index contributed by atoms with van der Waals surface area (Å²) in [4.78, 5) is 0. The van der Waals surface area contributed by atoms with E-state index in [0.29, 0.717) is 0 Å². The molecule has 4 aromatic heterocycles. The van der Waals surface area contributed by atoms with Crippen LogP contribution in [0.3, 0.4) is 0 Å². The van der Waals surface area contributed by atoms with Crippen LogP contribution in [-0.4, -0.2) is 52.9 Å². The van der Waals surface area contributed by atoms with E-state index >= 15 is 0 Å². The lowest BCUT2D eigenvalue weighted by atomic mass is 9.79. The lowest BCUT2D eigenvalue weighted by molar-refractivity contribution is 0.113. The minimum absolute atomic E-state index is 0.0994. The number of hydrogen-bond donors (Lipinski definition) is 0. The first kappa shape index (κ1) is 36.1. The first-order valence-electron chi connectivity index (χ1n) is 21.3. The van der Waals surface area contributed by atoms with E-state index in [2.05, 4.69) is 104 Å². The van der Waals surface area contributed by atoms with E-state index in [-0.39, 0.29) is 70.5 Å². The van der Waals surface area contributed by atoms with Gasteiger partial charge in [-0.15, -0.1) is 45.3 Å². The van der Waals surface area contributed by atoms with Crippen molar-refractivity contribution in [2.24, 2.45) is 0 Å². The summed E-state index contributed by atoms with van der Waals surface area (Å²) in [6, 6.07) is 18.6. The molecule has 0 radical (unpaired) electrons. The molecule has 0 saturated carbocycles. The Labute approximate surface area is 365 Å². The zero-order chi connectivity index (χ0) is 40.3. The van der Waals surface area contributed by atoms with Crippen LogP contribution in [0.4, 0.5) is 0 Å². The molecular weight excluding hydrogens is 828 g/mol. The molecule has 27 aliphatic rings. The van der Waals surface area contributed by atoms with Crippen LogP contribution in [0.25, 0.3) is 18.8 Å². The fourth-order valence-corrected chi connectivity index (χ4v) is 17.4. The van der Waals surface area contributed by atoms with Crippen molar-refractivity contribution < 1.29 is 37.2 Å². The van der Waals surface area contributed by atoms with E-state index < -0.39 is 28.5 Å². The lowest BCUT2D eigenvalue weighted by Gasteiger charge is -2.28. The van der Waals surface area contributed by atoms with Gasteiger partial charge < -0.3 is 37.2 Å². The van der Waals surface area contributed by atoms with E-state index in [0.717, 1.165) is 19.1 Å². The average Bonchev–Trinajstić information content (AvgIpc) is 4.04. The van der Waals surface area contributed by atoms with Crippen molar-refractivity contribution in [2.45, 2.75) is 126 Å². The summed E-state index contributed by atoms with van der Waals surface area (Å²) in [5.74, 6) is 0. The third kappa shape index (κ3) is 4.26. The van der Waals surface area contributed by atoms with Gasteiger partial charge in [0.15, 0.2) is 0 Å².